The van der Waals surface area contributed by atoms with E-state index in [1.807, 2.05) is 0 Å². The fourth-order valence-corrected chi connectivity index (χ4v) is 2.59. The molecule has 1 fully saturated rings. The standard InChI is InChI=1S/C16H31O2/c1-3-5-6-7-8-9-10-12-15(4-2)16-17-13-11-14-18-16/h11,15-16H,3-10,12-14H2,1-2H3. The summed E-state index contributed by atoms with van der Waals surface area (Å²) in [6.07, 6.45) is 14.2. The predicted octanol–water partition coefficient (Wildman–Crippen LogP) is 4.73. The van der Waals surface area contributed by atoms with E-state index in [-0.39, 0.29) is 6.29 Å². The van der Waals surface area contributed by atoms with Gasteiger partial charge in [-0.1, -0.05) is 58.8 Å². The zero-order chi connectivity index (χ0) is 13.1. The molecule has 1 rings (SSSR count). The number of hydrogen-bond donors (Lipinski definition) is 0. The van der Waals surface area contributed by atoms with E-state index < -0.39 is 0 Å². The molecule has 1 heterocycles. The van der Waals surface area contributed by atoms with Crippen molar-refractivity contribution in [2.45, 2.75) is 77.9 Å². The first-order chi connectivity index (χ1) is 8.88. The maximum Gasteiger partial charge on any atom is 0.160 e. The van der Waals surface area contributed by atoms with Crippen LogP contribution in [0.25, 0.3) is 0 Å². The van der Waals surface area contributed by atoms with Crippen LogP contribution in [0.1, 0.15) is 71.6 Å². The highest BCUT2D eigenvalue weighted by molar-refractivity contribution is 4.72. The normalized spacial score (nSPS) is 19.0. The highest BCUT2D eigenvalue weighted by atomic mass is 16.7. The van der Waals surface area contributed by atoms with Crippen LogP contribution in [0, 0.1) is 12.3 Å². The summed E-state index contributed by atoms with van der Waals surface area (Å²) < 4.78 is 11.3. The molecule has 0 aromatic heterocycles. The van der Waals surface area contributed by atoms with Gasteiger partial charge in [0.15, 0.2) is 6.29 Å². The van der Waals surface area contributed by atoms with Crippen LogP contribution in [0.4, 0.5) is 0 Å². The molecule has 1 saturated heterocycles. The lowest BCUT2D eigenvalue weighted by atomic mass is 9.97. The van der Waals surface area contributed by atoms with Crippen molar-refractivity contribution in [3.05, 3.63) is 6.42 Å². The van der Waals surface area contributed by atoms with E-state index >= 15 is 0 Å². The molecule has 1 unspecified atom stereocenters. The van der Waals surface area contributed by atoms with Gasteiger partial charge in [-0.2, -0.15) is 0 Å². The molecule has 0 N–H and O–H groups in total. The first-order valence-electron chi connectivity index (χ1n) is 7.93. The van der Waals surface area contributed by atoms with Crippen molar-refractivity contribution < 1.29 is 9.47 Å². The van der Waals surface area contributed by atoms with Crippen molar-refractivity contribution in [2.24, 2.45) is 5.92 Å². The minimum Gasteiger partial charge on any atom is -0.352 e. The SMILES string of the molecule is CCCCCCCCCC(CC)C1OC[CH]CO1. The molecule has 0 amide bonds. The van der Waals surface area contributed by atoms with Gasteiger partial charge in [-0.3, -0.25) is 0 Å². The second-order valence-electron chi connectivity index (χ2n) is 5.40. The Hall–Kier alpha value is -0.0800. The zero-order valence-corrected chi connectivity index (χ0v) is 12.3. The van der Waals surface area contributed by atoms with Gasteiger partial charge in [-0.05, 0) is 12.8 Å². The third-order valence-electron chi connectivity index (χ3n) is 3.84. The van der Waals surface area contributed by atoms with Gasteiger partial charge in [-0.25, -0.2) is 0 Å². The molecule has 18 heavy (non-hydrogen) atoms. The molecule has 1 aliphatic rings. The summed E-state index contributed by atoms with van der Waals surface area (Å²) in [5.41, 5.74) is 0. The Kier molecular flexibility index (Phi) is 9.59. The average Bonchev–Trinajstić information content (AvgIpc) is 2.43. The first kappa shape index (κ1) is 16.0. The molecule has 1 atom stereocenters. The van der Waals surface area contributed by atoms with Crippen LogP contribution < -0.4 is 0 Å². The highest BCUT2D eigenvalue weighted by Crippen LogP contribution is 2.23. The van der Waals surface area contributed by atoms with Gasteiger partial charge in [0.25, 0.3) is 0 Å². The van der Waals surface area contributed by atoms with Crippen molar-refractivity contribution in [1.29, 1.82) is 0 Å². The predicted molar refractivity (Wildman–Crippen MR) is 76.4 cm³/mol. The van der Waals surface area contributed by atoms with Gasteiger partial charge in [0.05, 0.1) is 13.2 Å². The van der Waals surface area contributed by atoms with E-state index in [0.717, 1.165) is 13.2 Å². The number of unbranched alkanes of at least 4 members (excludes halogenated alkanes) is 6. The lowest BCUT2D eigenvalue weighted by Crippen LogP contribution is -2.32. The Morgan fingerprint density at radius 1 is 0.944 bits per heavy atom. The lowest BCUT2D eigenvalue weighted by Gasteiger charge is -2.29. The van der Waals surface area contributed by atoms with Gasteiger partial charge < -0.3 is 9.47 Å². The summed E-state index contributed by atoms with van der Waals surface area (Å²) in [7, 11) is 0. The molecule has 1 aliphatic heterocycles. The molecule has 0 aromatic carbocycles. The summed E-state index contributed by atoms with van der Waals surface area (Å²) in [6.45, 7) is 6.04. The third kappa shape index (κ3) is 6.75. The molecular formula is C16H31O2. The first-order valence-corrected chi connectivity index (χ1v) is 7.93. The van der Waals surface area contributed by atoms with Crippen LogP contribution >= 0.6 is 0 Å². The summed E-state index contributed by atoms with van der Waals surface area (Å²) >= 11 is 0. The van der Waals surface area contributed by atoms with E-state index in [1.165, 1.54) is 57.8 Å². The number of rotatable bonds is 10. The Morgan fingerprint density at radius 2 is 1.56 bits per heavy atom. The van der Waals surface area contributed by atoms with Crippen molar-refractivity contribution in [3.63, 3.8) is 0 Å². The number of ether oxygens (including phenoxy) is 2. The molecular weight excluding hydrogens is 224 g/mol. The maximum atomic E-state index is 5.66. The number of hydrogen-bond acceptors (Lipinski definition) is 2. The van der Waals surface area contributed by atoms with Crippen molar-refractivity contribution in [3.8, 4) is 0 Å². The monoisotopic (exact) mass is 255 g/mol. The minimum atomic E-state index is 0.0556. The smallest absolute Gasteiger partial charge is 0.160 e. The zero-order valence-electron chi connectivity index (χ0n) is 12.3. The molecule has 0 saturated carbocycles. The van der Waals surface area contributed by atoms with Gasteiger partial charge in [0.2, 0.25) is 0 Å². The third-order valence-corrected chi connectivity index (χ3v) is 3.84. The summed E-state index contributed by atoms with van der Waals surface area (Å²) in [5, 5.41) is 0. The topological polar surface area (TPSA) is 18.5 Å². The van der Waals surface area contributed by atoms with Crippen LogP contribution in [0.2, 0.25) is 0 Å². The van der Waals surface area contributed by atoms with Crippen molar-refractivity contribution in [1.82, 2.24) is 0 Å². The van der Waals surface area contributed by atoms with Crippen molar-refractivity contribution >= 4 is 0 Å². The highest BCUT2D eigenvalue weighted by Gasteiger charge is 2.23. The second kappa shape index (κ2) is 10.8. The van der Waals surface area contributed by atoms with Crippen LogP contribution in [0.15, 0.2) is 0 Å². The molecule has 1 radical (unpaired) electrons. The Balaban J connectivity index is 2.00. The maximum absolute atomic E-state index is 5.66. The van der Waals surface area contributed by atoms with E-state index in [1.54, 1.807) is 0 Å². The van der Waals surface area contributed by atoms with Crippen LogP contribution in [0.3, 0.4) is 0 Å². The van der Waals surface area contributed by atoms with E-state index in [4.69, 9.17) is 9.47 Å². The fraction of sp³-hybridized carbons (Fsp3) is 0.938. The largest absolute Gasteiger partial charge is 0.352 e. The van der Waals surface area contributed by atoms with E-state index in [0.29, 0.717) is 5.92 Å². The summed E-state index contributed by atoms with van der Waals surface area (Å²) in [6, 6.07) is 0. The van der Waals surface area contributed by atoms with Crippen LogP contribution in [0.5, 0.6) is 0 Å². The van der Waals surface area contributed by atoms with Gasteiger partial charge >= 0.3 is 0 Å². The van der Waals surface area contributed by atoms with Crippen molar-refractivity contribution in [2.75, 3.05) is 13.2 Å². The molecule has 2 heteroatoms. The van der Waals surface area contributed by atoms with Gasteiger partial charge in [0, 0.05) is 12.3 Å². The minimum absolute atomic E-state index is 0.0556. The Labute approximate surface area is 113 Å². The average molecular weight is 255 g/mol. The van der Waals surface area contributed by atoms with Crippen LogP contribution in [-0.4, -0.2) is 19.5 Å². The molecule has 0 spiro atoms. The second-order valence-corrected chi connectivity index (χ2v) is 5.40. The summed E-state index contributed by atoms with van der Waals surface area (Å²) in [4.78, 5) is 0. The Morgan fingerprint density at radius 3 is 2.17 bits per heavy atom. The van der Waals surface area contributed by atoms with E-state index in [9.17, 15) is 0 Å². The fourth-order valence-electron chi connectivity index (χ4n) is 2.59. The molecule has 0 bridgehead atoms. The van der Waals surface area contributed by atoms with Crippen LogP contribution in [-0.2, 0) is 9.47 Å². The molecule has 107 valence electrons. The molecule has 2 nitrogen and oxygen atoms in total. The van der Waals surface area contributed by atoms with E-state index in [2.05, 4.69) is 20.3 Å². The lowest BCUT2D eigenvalue weighted by molar-refractivity contribution is -0.189. The summed E-state index contributed by atoms with van der Waals surface area (Å²) in [5.74, 6) is 0.592. The quantitative estimate of drug-likeness (QED) is 0.525. The van der Waals surface area contributed by atoms with Gasteiger partial charge in [0.1, 0.15) is 0 Å². The van der Waals surface area contributed by atoms with Gasteiger partial charge in [-0.15, -0.1) is 0 Å². The molecule has 0 aromatic rings. The molecule has 0 aliphatic carbocycles. The Bertz CT molecular complexity index is 176.